The van der Waals surface area contributed by atoms with Crippen LogP contribution in [0.2, 0.25) is 0 Å². The van der Waals surface area contributed by atoms with Gasteiger partial charge in [0.2, 0.25) is 5.91 Å². The molecule has 2 heteroatoms. The smallest absolute Gasteiger partial charge is 0.220 e. The van der Waals surface area contributed by atoms with Crippen LogP contribution in [0.3, 0.4) is 0 Å². The Morgan fingerprint density at radius 2 is 2.17 bits per heavy atom. The van der Waals surface area contributed by atoms with Crippen molar-refractivity contribution in [3.8, 4) is 0 Å². The van der Waals surface area contributed by atoms with E-state index in [0.29, 0.717) is 5.92 Å². The summed E-state index contributed by atoms with van der Waals surface area (Å²) in [6.07, 6.45) is 4.49. The second kappa shape index (κ2) is 4.48. The number of hydrogen-bond acceptors (Lipinski definition) is 1. The van der Waals surface area contributed by atoms with Crippen LogP contribution in [0.5, 0.6) is 0 Å². The number of carbonyl (C=O) groups excluding carboxylic acids is 1. The molecule has 1 amide bonds. The van der Waals surface area contributed by atoms with E-state index >= 15 is 0 Å². The summed E-state index contributed by atoms with van der Waals surface area (Å²) in [5.41, 5.74) is 0. The van der Waals surface area contributed by atoms with E-state index in [9.17, 15) is 4.79 Å². The minimum Gasteiger partial charge on any atom is -0.356 e. The van der Waals surface area contributed by atoms with Gasteiger partial charge in [-0.25, -0.2) is 0 Å². The van der Waals surface area contributed by atoms with Crippen LogP contribution in [-0.4, -0.2) is 12.5 Å². The number of carbonyl (C=O) groups is 1. The standard InChI is InChI=1S/C10H19NO/c1-3-8(4-2)5-9-6-10(12)11-7-9/h8-9H,3-7H2,1-2H3,(H,11,12). The second-order valence-corrected chi connectivity index (χ2v) is 3.79. The molecule has 1 atom stereocenters. The maximum absolute atomic E-state index is 10.9. The maximum Gasteiger partial charge on any atom is 0.220 e. The first kappa shape index (κ1) is 9.56. The van der Waals surface area contributed by atoms with Crippen molar-refractivity contribution in [2.45, 2.75) is 39.5 Å². The Kier molecular flexibility index (Phi) is 3.57. The molecular weight excluding hydrogens is 150 g/mol. The molecule has 1 fully saturated rings. The van der Waals surface area contributed by atoms with Gasteiger partial charge >= 0.3 is 0 Å². The van der Waals surface area contributed by atoms with E-state index in [0.717, 1.165) is 18.9 Å². The first-order valence-corrected chi connectivity index (χ1v) is 5.02. The highest BCUT2D eigenvalue weighted by atomic mass is 16.1. The lowest BCUT2D eigenvalue weighted by Gasteiger charge is -2.15. The quantitative estimate of drug-likeness (QED) is 0.684. The Morgan fingerprint density at radius 1 is 1.50 bits per heavy atom. The zero-order valence-electron chi connectivity index (χ0n) is 8.10. The number of hydrogen-bond donors (Lipinski definition) is 1. The lowest BCUT2D eigenvalue weighted by atomic mass is 9.90. The van der Waals surface area contributed by atoms with Gasteiger partial charge < -0.3 is 5.32 Å². The molecule has 0 radical (unpaired) electrons. The molecule has 0 aromatic rings. The van der Waals surface area contributed by atoms with Gasteiger partial charge in [-0.15, -0.1) is 0 Å². The highest BCUT2D eigenvalue weighted by molar-refractivity contribution is 5.78. The molecule has 1 heterocycles. The summed E-state index contributed by atoms with van der Waals surface area (Å²) < 4.78 is 0. The SMILES string of the molecule is CCC(CC)CC1CNC(=O)C1. The van der Waals surface area contributed by atoms with Crippen molar-refractivity contribution in [1.82, 2.24) is 5.32 Å². The van der Waals surface area contributed by atoms with E-state index in [1.54, 1.807) is 0 Å². The summed E-state index contributed by atoms with van der Waals surface area (Å²) in [6.45, 7) is 5.38. The van der Waals surface area contributed by atoms with E-state index in [1.165, 1.54) is 19.3 Å². The predicted molar refractivity (Wildman–Crippen MR) is 49.8 cm³/mol. The fourth-order valence-corrected chi connectivity index (χ4v) is 1.92. The van der Waals surface area contributed by atoms with Crippen LogP contribution in [0.4, 0.5) is 0 Å². The molecule has 0 saturated carbocycles. The number of amides is 1. The van der Waals surface area contributed by atoms with Crippen LogP contribution >= 0.6 is 0 Å². The molecule has 70 valence electrons. The van der Waals surface area contributed by atoms with E-state index in [-0.39, 0.29) is 5.91 Å². The number of rotatable bonds is 4. The average molecular weight is 169 g/mol. The summed E-state index contributed by atoms with van der Waals surface area (Å²) in [7, 11) is 0. The van der Waals surface area contributed by atoms with Crippen molar-refractivity contribution < 1.29 is 4.79 Å². The molecule has 2 nitrogen and oxygen atoms in total. The van der Waals surface area contributed by atoms with Crippen molar-refractivity contribution in [1.29, 1.82) is 0 Å². The van der Waals surface area contributed by atoms with Gasteiger partial charge in [0.05, 0.1) is 0 Å². The highest BCUT2D eigenvalue weighted by Crippen LogP contribution is 2.23. The molecule has 12 heavy (non-hydrogen) atoms. The molecule has 1 saturated heterocycles. The third-order valence-electron chi connectivity index (χ3n) is 2.88. The van der Waals surface area contributed by atoms with Crippen LogP contribution in [0, 0.1) is 11.8 Å². The minimum atomic E-state index is 0.242. The Bertz CT molecular complexity index is 152. The van der Waals surface area contributed by atoms with Crippen LogP contribution in [0.25, 0.3) is 0 Å². The van der Waals surface area contributed by atoms with Crippen molar-refractivity contribution in [2.75, 3.05) is 6.54 Å². The molecule has 1 aliphatic rings. The first-order chi connectivity index (χ1) is 5.76. The zero-order valence-corrected chi connectivity index (χ0v) is 8.10. The molecule has 1 rings (SSSR count). The van der Waals surface area contributed by atoms with Crippen molar-refractivity contribution in [2.24, 2.45) is 11.8 Å². The van der Waals surface area contributed by atoms with Crippen molar-refractivity contribution >= 4 is 5.91 Å². The molecule has 0 aliphatic carbocycles. The molecule has 0 bridgehead atoms. The van der Waals surface area contributed by atoms with Crippen molar-refractivity contribution in [3.05, 3.63) is 0 Å². The zero-order chi connectivity index (χ0) is 8.97. The molecule has 1 unspecified atom stereocenters. The van der Waals surface area contributed by atoms with E-state index in [2.05, 4.69) is 19.2 Å². The molecule has 0 aromatic carbocycles. The minimum absolute atomic E-state index is 0.242. The third kappa shape index (κ3) is 2.50. The predicted octanol–water partition coefficient (Wildman–Crippen LogP) is 1.95. The fourth-order valence-electron chi connectivity index (χ4n) is 1.92. The Labute approximate surface area is 74.7 Å². The van der Waals surface area contributed by atoms with E-state index in [1.807, 2.05) is 0 Å². The largest absolute Gasteiger partial charge is 0.356 e. The van der Waals surface area contributed by atoms with E-state index in [4.69, 9.17) is 0 Å². The summed E-state index contributed by atoms with van der Waals surface area (Å²) in [4.78, 5) is 10.9. The van der Waals surface area contributed by atoms with Crippen LogP contribution < -0.4 is 5.32 Å². The fraction of sp³-hybridized carbons (Fsp3) is 0.900. The average Bonchev–Trinajstić information content (AvgIpc) is 2.47. The van der Waals surface area contributed by atoms with Crippen LogP contribution in [-0.2, 0) is 4.79 Å². The summed E-state index contributed by atoms with van der Waals surface area (Å²) in [5.74, 6) is 1.68. The summed E-state index contributed by atoms with van der Waals surface area (Å²) in [5, 5.41) is 2.88. The molecule has 1 aliphatic heterocycles. The van der Waals surface area contributed by atoms with Gasteiger partial charge in [0.15, 0.2) is 0 Å². The van der Waals surface area contributed by atoms with Crippen molar-refractivity contribution in [3.63, 3.8) is 0 Å². The monoisotopic (exact) mass is 169 g/mol. The van der Waals surface area contributed by atoms with Crippen LogP contribution in [0.1, 0.15) is 39.5 Å². The van der Waals surface area contributed by atoms with Gasteiger partial charge in [0, 0.05) is 13.0 Å². The normalized spacial score (nSPS) is 23.2. The first-order valence-electron chi connectivity index (χ1n) is 5.02. The molecule has 1 N–H and O–H groups in total. The lowest BCUT2D eigenvalue weighted by molar-refractivity contribution is -0.119. The summed E-state index contributed by atoms with van der Waals surface area (Å²) >= 11 is 0. The van der Waals surface area contributed by atoms with Gasteiger partial charge in [-0.2, -0.15) is 0 Å². The van der Waals surface area contributed by atoms with Gasteiger partial charge in [0.1, 0.15) is 0 Å². The third-order valence-corrected chi connectivity index (χ3v) is 2.88. The molecule has 0 spiro atoms. The van der Waals surface area contributed by atoms with Crippen LogP contribution in [0.15, 0.2) is 0 Å². The van der Waals surface area contributed by atoms with Gasteiger partial charge in [-0.3, -0.25) is 4.79 Å². The number of nitrogens with one attached hydrogen (secondary N) is 1. The Balaban J connectivity index is 2.26. The Hall–Kier alpha value is -0.530. The van der Waals surface area contributed by atoms with Gasteiger partial charge in [-0.05, 0) is 18.3 Å². The highest BCUT2D eigenvalue weighted by Gasteiger charge is 2.23. The second-order valence-electron chi connectivity index (χ2n) is 3.79. The molecule has 0 aromatic heterocycles. The lowest BCUT2D eigenvalue weighted by Crippen LogP contribution is -2.14. The van der Waals surface area contributed by atoms with Gasteiger partial charge in [-0.1, -0.05) is 26.7 Å². The van der Waals surface area contributed by atoms with Gasteiger partial charge in [0.25, 0.3) is 0 Å². The summed E-state index contributed by atoms with van der Waals surface area (Å²) in [6, 6.07) is 0. The van der Waals surface area contributed by atoms with E-state index < -0.39 is 0 Å². The molecular formula is C10H19NO. The topological polar surface area (TPSA) is 29.1 Å². The maximum atomic E-state index is 10.9. The Morgan fingerprint density at radius 3 is 2.58 bits per heavy atom.